The van der Waals surface area contributed by atoms with E-state index < -0.39 is 0 Å². The summed E-state index contributed by atoms with van der Waals surface area (Å²) in [5.41, 5.74) is 1.44. The number of nitrogens with one attached hydrogen (secondary N) is 1. The summed E-state index contributed by atoms with van der Waals surface area (Å²) in [6.45, 7) is 0.800. The van der Waals surface area contributed by atoms with Gasteiger partial charge in [-0.05, 0) is 46.8 Å². The first kappa shape index (κ1) is 11.1. The fraction of sp³-hybridized carbons (Fsp3) is 0.545. The second-order valence-corrected chi connectivity index (χ2v) is 6.25. The molecular weight excluding hydrogens is 272 g/mol. The molecule has 0 saturated carbocycles. The van der Waals surface area contributed by atoms with Crippen LogP contribution in [0.4, 0.5) is 0 Å². The number of aryl methyl sites for hydroxylation is 1. The van der Waals surface area contributed by atoms with Crippen LogP contribution in [0.25, 0.3) is 0 Å². The lowest BCUT2D eigenvalue weighted by atomic mass is 9.94. The zero-order chi connectivity index (χ0) is 10.7. The van der Waals surface area contributed by atoms with E-state index in [1.165, 1.54) is 33.5 Å². The van der Waals surface area contributed by atoms with Crippen molar-refractivity contribution in [2.75, 3.05) is 6.54 Å². The smallest absolute Gasteiger partial charge is 0.0704 e. The van der Waals surface area contributed by atoms with Gasteiger partial charge in [0.25, 0.3) is 0 Å². The van der Waals surface area contributed by atoms with Gasteiger partial charge in [-0.15, -0.1) is 11.3 Å². The van der Waals surface area contributed by atoms with Gasteiger partial charge < -0.3 is 5.32 Å². The maximum Gasteiger partial charge on any atom is 0.0704 e. The third kappa shape index (κ3) is 2.60. The quantitative estimate of drug-likeness (QED) is 0.864. The monoisotopic (exact) mass is 284 g/mol. The average Bonchev–Trinajstić information content (AvgIpc) is 2.59. The van der Waals surface area contributed by atoms with E-state index in [1.54, 1.807) is 0 Å². The molecular formula is C11H13BrN2S. The Labute approximate surface area is 102 Å². The van der Waals surface area contributed by atoms with Crippen molar-refractivity contribution in [3.05, 3.63) is 20.3 Å². The molecule has 0 saturated heterocycles. The lowest BCUT2D eigenvalue weighted by Crippen LogP contribution is -2.24. The zero-order valence-corrected chi connectivity index (χ0v) is 10.8. The maximum atomic E-state index is 8.50. The van der Waals surface area contributed by atoms with E-state index in [0.29, 0.717) is 12.5 Å². The summed E-state index contributed by atoms with van der Waals surface area (Å²) < 4.78 is 1.22. The van der Waals surface area contributed by atoms with Crippen molar-refractivity contribution in [1.82, 2.24) is 5.32 Å². The number of nitrogens with zero attached hydrogens (tertiary/aromatic N) is 1. The average molecular weight is 285 g/mol. The molecule has 2 nitrogen and oxygen atoms in total. The van der Waals surface area contributed by atoms with E-state index in [1.807, 2.05) is 11.3 Å². The predicted octanol–water partition coefficient (Wildman–Crippen LogP) is 3.39. The molecule has 1 unspecified atom stereocenters. The van der Waals surface area contributed by atoms with Crippen molar-refractivity contribution in [2.24, 2.45) is 0 Å². The summed E-state index contributed by atoms with van der Waals surface area (Å²) in [5, 5.41) is 12.0. The van der Waals surface area contributed by atoms with Crippen molar-refractivity contribution in [3.63, 3.8) is 0 Å². The van der Waals surface area contributed by atoms with Crippen LogP contribution in [0.1, 0.15) is 35.7 Å². The van der Waals surface area contributed by atoms with Crippen LogP contribution >= 0.6 is 27.3 Å². The molecule has 0 radical (unpaired) electrons. The SMILES string of the molecule is N#CCCNC1CCCc2sc(Br)cc21. The van der Waals surface area contributed by atoms with E-state index in [-0.39, 0.29) is 0 Å². The van der Waals surface area contributed by atoms with Crippen molar-refractivity contribution in [1.29, 1.82) is 5.26 Å². The van der Waals surface area contributed by atoms with Gasteiger partial charge in [0, 0.05) is 23.9 Å². The molecule has 80 valence electrons. The minimum absolute atomic E-state index is 0.463. The van der Waals surface area contributed by atoms with Crippen molar-refractivity contribution >= 4 is 27.3 Å². The minimum Gasteiger partial charge on any atom is -0.309 e. The summed E-state index contributed by atoms with van der Waals surface area (Å²) in [6.07, 6.45) is 4.25. The first-order chi connectivity index (χ1) is 7.31. The van der Waals surface area contributed by atoms with Gasteiger partial charge in [0.2, 0.25) is 0 Å². The second-order valence-electron chi connectivity index (χ2n) is 3.74. The minimum atomic E-state index is 0.463. The van der Waals surface area contributed by atoms with Crippen LogP contribution in [0.5, 0.6) is 0 Å². The van der Waals surface area contributed by atoms with Crippen LogP contribution in [-0.4, -0.2) is 6.54 Å². The summed E-state index contributed by atoms with van der Waals surface area (Å²) >= 11 is 5.38. The van der Waals surface area contributed by atoms with Gasteiger partial charge in [-0.3, -0.25) is 0 Å². The molecule has 0 amide bonds. The van der Waals surface area contributed by atoms with Crippen LogP contribution in [0, 0.1) is 11.3 Å². The van der Waals surface area contributed by atoms with Crippen LogP contribution < -0.4 is 5.32 Å². The maximum absolute atomic E-state index is 8.50. The van der Waals surface area contributed by atoms with Crippen molar-refractivity contribution in [3.8, 4) is 6.07 Å². The lowest BCUT2D eigenvalue weighted by Gasteiger charge is -2.23. The summed E-state index contributed by atoms with van der Waals surface area (Å²) in [7, 11) is 0. The Balaban J connectivity index is 2.05. The topological polar surface area (TPSA) is 35.8 Å². The number of halogens is 1. The number of fused-ring (bicyclic) bond motifs is 1. The van der Waals surface area contributed by atoms with Gasteiger partial charge in [0.1, 0.15) is 0 Å². The van der Waals surface area contributed by atoms with E-state index in [9.17, 15) is 0 Å². The highest BCUT2D eigenvalue weighted by Gasteiger charge is 2.21. The third-order valence-electron chi connectivity index (χ3n) is 2.71. The first-order valence-corrected chi connectivity index (χ1v) is 6.80. The molecule has 0 fully saturated rings. The summed E-state index contributed by atoms with van der Waals surface area (Å²) in [4.78, 5) is 1.50. The molecule has 1 atom stereocenters. The molecule has 1 aromatic rings. The van der Waals surface area contributed by atoms with E-state index in [0.717, 1.165) is 6.54 Å². The summed E-state index contributed by atoms with van der Waals surface area (Å²) in [6, 6.07) is 4.86. The normalized spacial score (nSPS) is 19.6. The van der Waals surface area contributed by atoms with E-state index >= 15 is 0 Å². The molecule has 1 N–H and O–H groups in total. The Morgan fingerprint density at radius 1 is 1.67 bits per heavy atom. The Kier molecular flexibility index (Phi) is 3.79. The number of hydrogen-bond donors (Lipinski definition) is 1. The summed E-state index contributed by atoms with van der Waals surface area (Å²) in [5.74, 6) is 0. The fourth-order valence-electron chi connectivity index (χ4n) is 2.04. The van der Waals surface area contributed by atoms with Gasteiger partial charge in [-0.25, -0.2) is 0 Å². The third-order valence-corrected chi connectivity index (χ3v) is 4.42. The lowest BCUT2D eigenvalue weighted by molar-refractivity contribution is 0.469. The molecule has 0 spiro atoms. The van der Waals surface area contributed by atoms with Gasteiger partial charge >= 0.3 is 0 Å². The second kappa shape index (κ2) is 5.11. The Morgan fingerprint density at radius 3 is 3.33 bits per heavy atom. The molecule has 2 rings (SSSR count). The van der Waals surface area contributed by atoms with E-state index in [4.69, 9.17) is 5.26 Å². The fourth-order valence-corrected chi connectivity index (χ4v) is 3.86. The van der Waals surface area contributed by atoms with Crippen LogP contribution in [-0.2, 0) is 6.42 Å². The molecule has 1 heterocycles. The highest BCUT2D eigenvalue weighted by atomic mass is 79.9. The highest BCUT2D eigenvalue weighted by Crippen LogP contribution is 2.37. The van der Waals surface area contributed by atoms with Crippen LogP contribution in [0.2, 0.25) is 0 Å². The predicted molar refractivity (Wildman–Crippen MR) is 65.9 cm³/mol. The molecule has 4 heteroatoms. The number of hydrogen-bond acceptors (Lipinski definition) is 3. The molecule has 15 heavy (non-hydrogen) atoms. The number of thiophene rings is 1. The van der Waals surface area contributed by atoms with Gasteiger partial charge in [-0.1, -0.05) is 0 Å². The molecule has 0 aromatic carbocycles. The molecule has 1 aliphatic carbocycles. The molecule has 0 aliphatic heterocycles. The van der Waals surface area contributed by atoms with Crippen molar-refractivity contribution < 1.29 is 0 Å². The Hall–Kier alpha value is -0.370. The van der Waals surface area contributed by atoms with Gasteiger partial charge in [0.05, 0.1) is 9.86 Å². The molecule has 1 aliphatic rings. The van der Waals surface area contributed by atoms with Crippen LogP contribution in [0.3, 0.4) is 0 Å². The van der Waals surface area contributed by atoms with E-state index in [2.05, 4.69) is 33.4 Å². The number of rotatable bonds is 3. The Morgan fingerprint density at radius 2 is 2.53 bits per heavy atom. The molecule has 0 bridgehead atoms. The van der Waals surface area contributed by atoms with Crippen LogP contribution in [0.15, 0.2) is 9.85 Å². The number of nitriles is 1. The highest BCUT2D eigenvalue weighted by molar-refractivity contribution is 9.11. The van der Waals surface area contributed by atoms with Crippen molar-refractivity contribution in [2.45, 2.75) is 31.7 Å². The molecule has 1 aromatic heterocycles. The largest absolute Gasteiger partial charge is 0.309 e. The standard InChI is InChI=1S/C11H13BrN2S/c12-11-7-8-9(14-6-2-5-13)3-1-4-10(8)15-11/h7,9,14H,1-4,6H2. The Bertz CT molecular complexity index is 380. The first-order valence-electron chi connectivity index (χ1n) is 5.19. The van der Waals surface area contributed by atoms with Gasteiger partial charge in [0.15, 0.2) is 0 Å². The zero-order valence-electron chi connectivity index (χ0n) is 8.42. The van der Waals surface area contributed by atoms with Gasteiger partial charge in [-0.2, -0.15) is 5.26 Å².